The van der Waals surface area contributed by atoms with Crippen LogP contribution in [0.3, 0.4) is 0 Å². The number of carboxylic acid groups (broad SMARTS) is 1. The molecule has 5 nitrogen and oxygen atoms in total. The second kappa shape index (κ2) is 6.41. The quantitative estimate of drug-likeness (QED) is 0.878. The lowest BCUT2D eigenvalue weighted by molar-refractivity contribution is -0.141. The van der Waals surface area contributed by atoms with Gasteiger partial charge in [0.2, 0.25) is 0 Å². The summed E-state index contributed by atoms with van der Waals surface area (Å²) in [6.45, 7) is 3.44. The molecular weight excluding hydrogens is 256 g/mol. The lowest BCUT2D eigenvalue weighted by Crippen LogP contribution is -2.39. The monoisotopic (exact) mass is 276 g/mol. The van der Waals surface area contributed by atoms with Crippen LogP contribution in [-0.4, -0.2) is 41.6 Å². The van der Waals surface area contributed by atoms with Gasteiger partial charge in [-0.2, -0.15) is 0 Å². The Labute approximate surface area is 118 Å². The second-order valence-corrected chi connectivity index (χ2v) is 5.24. The standard InChI is InChI=1S/C15H20N2O3/c1-11-2-4-12(5-3-11)6-8-16-15(20)17-9-7-13(10-17)14(18)19/h2-5,13H,6-10H2,1H3,(H,16,20)(H,18,19). The van der Waals surface area contributed by atoms with E-state index in [0.29, 0.717) is 26.1 Å². The first-order chi connectivity index (χ1) is 9.56. The predicted molar refractivity (Wildman–Crippen MR) is 75.6 cm³/mol. The number of aliphatic carboxylic acids is 1. The van der Waals surface area contributed by atoms with Crippen molar-refractivity contribution in [2.45, 2.75) is 19.8 Å². The Balaban J connectivity index is 1.73. The molecule has 1 aromatic carbocycles. The van der Waals surface area contributed by atoms with Crippen LogP contribution in [0.2, 0.25) is 0 Å². The van der Waals surface area contributed by atoms with Crippen molar-refractivity contribution in [3.63, 3.8) is 0 Å². The van der Waals surface area contributed by atoms with E-state index in [4.69, 9.17) is 5.11 Å². The number of likely N-dealkylation sites (tertiary alicyclic amines) is 1. The minimum absolute atomic E-state index is 0.166. The molecule has 2 amide bonds. The van der Waals surface area contributed by atoms with Gasteiger partial charge in [0.15, 0.2) is 0 Å². The fourth-order valence-electron chi connectivity index (χ4n) is 2.33. The fraction of sp³-hybridized carbons (Fsp3) is 0.467. The lowest BCUT2D eigenvalue weighted by atomic mass is 10.1. The Hall–Kier alpha value is -2.04. The molecule has 2 rings (SSSR count). The van der Waals surface area contributed by atoms with Gasteiger partial charge in [-0.3, -0.25) is 4.79 Å². The Morgan fingerprint density at radius 1 is 1.35 bits per heavy atom. The zero-order valence-electron chi connectivity index (χ0n) is 11.6. The van der Waals surface area contributed by atoms with Crippen molar-refractivity contribution in [1.82, 2.24) is 10.2 Å². The van der Waals surface area contributed by atoms with Crippen molar-refractivity contribution in [2.24, 2.45) is 5.92 Å². The third-order valence-corrected chi connectivity index (χ3v) is 3.64. The van der Waals surface area contributed by atoms with Crippen LogP contribution >= 0.6 is 0 Å². The zero-order valence-corrected chi connectivity index (χ0v) is 11.6. The second-order valence-electron chi connectivity index (χ2n) is 5.24. The van der Waals surface area contributed by atoms with E-state index in [1.807, 2.05) is 6.92 Å². The number of amides is 2. The summed E-state index contributed by atoms with van der Waals surface area (Å²) in [4.78, 5) is 24.3. The van der Waals surface area contributed by atoms with Gasteiger partial charge in [-0.25, -0.2) is 4.79 Å². The van der Waals surface area contributed by atoms with Crippen LogP contribution in [0, 0.1) is 12.8 Å². The predicted octanol–water partition coefficient (Wildman–Crippen LogP) is 1.65. The minimum atomic E-state index is -0.819. The van der Waals surface area contributed by atoms with Gasteiger partial charge in [0.1, 0.15) is 0 Å². The van der Waals surface area contributed by atoms with Crippen LogP contribution in [0.25, 0.3) is 0 Å². The van der Waals surface area contributed by atoms with Crippen LogP contribution in [0.1, 0.15) is 17.5 Å². The van der Waals surface area contributed by atoms with Crippen molar-refractivity contribution in [3.8, 4) is 0 Å². The fourth-order valence-corrected chi connectivity index (χ4v) is 2.33. The van der Waals surface area contributed by atoms with E-state index in [9.17, 15) is 9.59 Å². The Morgan fingerprint density at radius 3 is 2.65 bits per heavy atom. The summed E-state index contributed by atoms with van der Waals surface area (Å²) in [6.07, 6.45) is 1.32. The molecule has 0 spiro atoms. The van der Waals surface area contributed by atoms with Crippen molar-refractivity contribution >= 4 is 12.0 Å². The number of rotatable bonds is 4. The van der Waals surface area contributed by atoms with E-state index in [1.165, 1.54) is 11.1 Å². The van der Waals surface area contributed by atoms with Crippen LogP contribution in [0.15, 0.2) is 24.3 Å². The molecule has 1 saturated heterocycles. The van der Waals surface area contributed by atoms with Crippen molar-refractivity contribution in [1.29, 1.82) is 0 Å². The molecule has 1 unspecified atom stereocenters. The molecule has 0 radical (unpaired) electrons. The van der Waals surface area contributed by atoms with Crippen molar-refractivity contribution in [3.05, 3.63) is 35.4 Å². The van der Waals surface area contributed by atoms with Crippen LogP contribution in [0.5, 0.6) is 0 Å². The minimum Gasteiger partial charge on any atom is -0.481 e. The summed E-state index contributed by atoms with van der Waals surface area (Å²) >= 11 is 0. The molecule has 1 heterocycles. The highest BCUT2D eigenvalue weighted by molar-refractivity contribution is 5.77. The van der Waals surface area contributed by atoms with Gasteiger partial charge in [-0.1, -0.05) is 29.8 Å². The van der Waals surface area contributed by atoms with E-state index in [0.717, 1.165) is 6.42 Å². The highest BCUT2D eigenvalue weighted by Crippen LogP contribution is 2.16. The topological polar surface area (TPSA) is 69.6 Å². The average molecular weight is 276 g/mol. The summed E-state index contributed by atoms with van der Waals surface area (Å²) in [6, 6.07) is 8.04. The molecule has 20 heavy (non-hydrogen) atoms. The largest absolute Gasteiger partial charge is 0.481 e. The smallest absolute Gasteiger partial charge is 0.317 e. The lowest BCUT2D eigenvalue weighted by Gasteiger charge is -2.16. The van der Waals surface area contributed by atoms with Gasteiger partial charge in [0, 0.05) is 19.6 Å². The number of carbonyl (C=O) groups is 2. The van der Waals surface area contributed by atoms with Crippen LogP contribution < -0.4 is 5.32 Å². The maximum atomic E-state index is 11.9. The molecule has 1 fully saturated rings. The van der Waals surface area contributed by atoms with Crippen molar-refractivity contribution in [2.75, 3.05) is 19.6 Å². The molecule has 1 atom stereocenters. The Morgan fingerprint density at radius 2 is 2.05 bits per heavy atom. The number of nitrogens with one attached hydrogen (secondary N) is 1. The van der Waals surface area contributed by atoms with Gasteiger partial charge < -0.3 is 15.3 Å². The Kier molecular flexibility index (Phi) is 4.61. The molecule has 0 aliphatic carbocycles. The third kappa shape index (κ3) is 3.73. The van der Waals surface area contributed by atoms with E-state index >= 15 is 0 Å². The maximum Gasteiger partial charge on any atom is 0.317 e. The van der Waals surface area contributed by atoms with Crippen molar-refractivity contribution < 1.29 is 14.7 Å². The van der Waals surface area contributed by atoms with Gasteiger partial charge in [0.05, 0.1) is 5.92 Å². The molecule has 5 heteroatoms. The number of hydrogen-bond donors (Lipinski definition) is 2. The molecule has 2 N–H and O–H groups in total. The number of aryl methyl sites for hydroxylation is 1. The van der Waals surface area contributed by atoms with Gasteiger partial charge in [-0.15, -0.1) is 0 Å². The Bertz CT molecular complexity index is 484. The normalized spacial score (nSPS) is 18.1. The summed E-state index contributed by atoms with van der Waals surface area (Å²) < 4.78 is 0. The molecular formula is C15H20N2O3. The van der Waals surface area contributed by atoms with E-state index in [2.05, 4.69) is 29.6 Å². The van der Waals surface area contributed by atoms with Crippen LogP contribution in [-0.2, 0) is 11.2 Å². The number of urea groups is 1. The van der Waals surface area contributed by atoms with Gasteiger partial charge >= 0.3 is 12.0 Å². The summed E-state index contributed by atoms with van der Waals surface area (Å²) in [5.74, 6) is -1.24. The summed E-state index contributed by atoms with van der Waals surface area (Å²) in [5, 5.41) is 11.7. The molecule has 0 bridgehead atoms. The molecule has 1 aliphatic heterocycles. The van der Waals surface area contributed by atoms with Gasteiger partial charge in [-0.05, 0) is 25.3 Å². The van der Waals surface area contributed by atoms with E-state index in [-0.39, 0.29) is 6.03 Å². The van der Waals surface area contributed by atoms with Crippen LogP contribution in [0.4, 0.5) is 4.79 Å². The molecule has 1 aromatic rings. The first kappa shape index (κ1) is 14.4. The van der Waals surface area contributed by atoms with Gasteiger partial charge in [0.25, 0.3) is 0 Å². The number of carbonyl (C=O) groups excluding carboxylic acids is 1. The highest BCUT2D eigenvalue weighted by atomic mass is 16.4. The molecule has 0 aromatic heterocycles. The molecule has 0 saturated carbocycles. The number of nitrogens with zero attached hydrogens (tertiary/aromatic N) is 1. The van der Waals surface area contributed by atoms with E-state index in [1.54, 1.807) is 4.90 Å². The average Bonchev–Trinajstić information content (AvgIpc) is 2.91. The SMILES string of the molecule is Cc1ccc(CCNC(=O)N2CCC(C(=O)O)C2)cc1. The number of benzene rings is 1. The number of carboxylic acids is 1. The van der Waals surface area contributed by atoms with E-state index < -0.39 is 11.9 Å². The first-order valence-electron chi connectivity index (χ1n) is 6.87. The molecule has 1 aliphatic rings. The maximum absolute atomic E-state index is 11.9. The third-order valence-electron chi connectivity index (χ3n) is 3.64. The highest BCUT2D eigenvalue weighted by Gasteiger charge is 2.30. The molecule has 108 valence electrons. The summed E-state index contributed by atoms with van der Waals surface area (Å²) in [5.41, 5.74) is 2.40. The summed E-state index contributed by atoms with van der Waals surface area (Å²) in [7, 11) is 0. The number of hydrogen-bond acceptors (Lipinski definition) is 2. The first-order valence-corrected chi connectivity index (χ1v) is 6.87. The zero-order chi connectivity index (χ0) is 14.5.